The first-order valence-corrected chi connectivity index (χ1v) is 13.3. The summed E-state index contributed by atoms with van der Waals surface area (Å²) in [6, 6.07) is 12.5. The largest absolute Gasteiger partial charge is 0.477 e. The molecule has 13 nitrogen and oxygen atoms in total. The van der Waals surface area contributed by atoms with E-state index in [4.69, 9.17) is 18.6 Å². The molecule has 1 saturated heterocycles. The Labute approximate surface area is 237 Å². The summed E-state index contributed by atoms with van der Waals surface area (Å²) in [6.45, 7) is 4.63. The number of anilines is 1. The Morgan fingerprint density at radius 1 is 1.24 bits per heavy atom. The minimum Gasteiger partial charge on any atom is -0.477 e. The molecule has 3 aromatic heterocycles. The molecule has 0 radical (unpaired) electrons. The van der Waals surface area contributed by atoms with Gasteiger partial charge in [-0.25, -0.2) is 14.8 Å². The van der Waals surface area contributed by atoms with Gasteiger partial charge in [0.25, 0.3) is 0 Å². The molecule has 0 atom stereocenters. The van der Waals surface area contributed by atoms with Crippen LogP contribution in [0.25, 0.3) is 22.7 Å². The number of oxazole rings is 1. The van der Waals surface area contributed by atoms with Gasteiger partial charge in [-0.1, -0.05) is 23.5 Å². The Kier molecular flexibility index (Phi) is 8.09. The highest BCUT2D eigenvalue weighted by Crippen LogP contribution is 2.36. The average Bonchev–Trinajstić information content (AvgIpc) is 3.64. The molecule has 0 aliphatic carbocycles. The van der Waals surface area contributed by atoms with Crippen molar-refractivity contribution < 1.29 is 33.5 Å². The molecule has 1 aromatic carbocycles. The molecule has 14 heteroatoms. The Balaban J connectivity index is 1.54. The third-order valence-corrected chi connectivity index (χ3v) is 7.29. The van der Waals surface area contributed by atoms with E-state index in [9.17, 15) is 25.3 Å². The molecule has 4 heterocycles. The van der Waals surface area contributed by atoms with E-state index in [1.807, 2.05) is 24.3 Å². The molecule has 1 N–H and O–H groups in total. The molecule has 0 spiro atoms. The molecule has 1 fully saturated rings. The number of carboxylic acid groups (broad SMARTS) is 1. The summed E-state index contributed by atoms with van der Waals surface area (Å²) < 4.78 is 22.4. The number of rotatable bonds is 10. The van der Waals surface area contributed by atoms with Gasteiger partial charge in [-0.05, 0) is 25.1 Å². The number of hydrogen-bond donors (Lipinski definition) is 1. The maximum Gasteiger partial charge on any atom is 0.346 e. The summed E-state index contributed by atoms with van der Waals surface area (Å²) in [5.41, 5.74) is 2.53. The second-order valence-corrected chi connectivity index (χ2v) is 9.73. The molecular formula is C27H23N5O8S. The first-order valence-electron chi connectivity index (χ1n) is 12.5. The van der Waals surface area contributed by atoms with Crippen LogP contribution in [0.1, 0.15) is 27.7 Å². The van der Waals surface area contributed by atoms with E-state index < -0.39 is 10.9 Å². The molecule has 41 heavy (non-hydrogen) atoms. The fraction of sp³-hybridized carbons (Fsp3) is 0.259. The van der Waals surface area contributed by atoms with Crippen LogP contribution in [0.5, 0.6) is 11.8 Å². The van der Waals surface area contributed by atoms with Crippen LogP contribution in [0.15, 0.2) is 47.0 Å². The van der Waals surface area contributed by atoms with E-state index in [1.54, 1.807) is 13.0 Å². The summed E-state index contributed by atoms with van der Waals surface area (Å²) >= 11 is 0.526. The van der Waals surface area contributed by atoms with Gasteiger partial charge in [0.1, 0.15) is 29.3 Å². The van der Waals surface area contributed by atoms with Crippen LogP contribution in [0.4, 0.5) is 10.7 Å². The summed E-state index contributed by atoms with van der Waals surface area (Å²) in [5, 5.41) is 30.5. The van der Waals surface area contributed by atoms with Crippen LogP contribution in [0, 0.1) is 21.4 Å². The number of carbonyl (C=O) groups is 1. The van der Waals surface area contributed by atoms with Crippen LogP contribution in [0.2, 0.25) is 0 Å². The number of aromatic carboxylic acids is 1. The van der Waals surface area contributed by atoms with E-state index in [2.05, 4.69) is 20.9 Å². The Hall–Kier alpha value is -5.00. The molecule has 0 unspecified atom stereocenters. The fourth-order valence-electron chi connectivity index (χ4n) is 4.25. The van der Waals surface area contributed by atoms with Gasteiger partial charge in [0.15, 0.2) is 0 Å². The van der Waals surface area contributed by atoms with Crippen LogP contribution < -0.4 is 14.4 Å². The topological polar surface area (TPSA) is 174 Å². The first-order chi connectivity index (χ1) is 19.9. The standard InChI is InChI=1S/C27H23N5O8S/c1-2-38-23-14-29-25(40-23)19-12-21(16-3-5-18(6-4-16)31-7-9-37-10-8-31)30-26(20(19)13-28)39-15-17-11-22(32(35)36)41-24(17)27(33)34/h3-6,11-12,14H,2,7-10,15H2,1H3,(H,33,34). The predicted molar refractivity (Wildman–Crippen MR) is 146 cm³/mol. The van der Waals surface area contributed by atoms with Crippen molar-refractivity contribution in [3.63, 3.8) is 0 Å². The lowest BCUT2D eigenvalue weighted by molar-refractivity contribution is -0.380. The third-order valence-electron chi connectivity index (χ3n) is 6.17. The number of aromatic nitrogens is 2. The SMILES string of the molecule is CCOc1cnc(-c2cc(-c3ccc(N4CCOCC4)cc3)nc(OCc3cc([N+](=O)[O-])sc3C(=O)O)c2C#N)o1. The number of nitriles is 1. The van der Waals surface area contributed by atoms with Gasteiger partial charge in [-0.15, -0.1) is 0 Å². The Morgan fingerprint density at radius 3 is 2.66 bits per heavy atom. The van der Waals surface area contributed by atoms with E-state index in [1.165, 1.54) is 6.20 Å². The van der Waals surface area contributed by atoms with Crippen LogP contribution in [-0.2, 0) is 11.3 Å². The van der Waals surface area contributed by atoms with Gasteiger partial charge < -0.3 is 28.6 Å². The number of benzene rings is 1. The minimum atomic E-state index is -1.33. The molecule has 5 rings (SSSR count). The predicted octanol–water partition coefficient (Wildman–Crippen LogP) is 4.76. The maximum absolute atomic E-state index is 11.7. The van der Waals surface area contributed by atoms with Crippen molar-refractivity contribution in [3.8, 4) is 40.6 Å². The van der Waals surface area contributed by atoms with Gasteiger partial charge in [-0.3, -0.25) is 10.1 Å². The smallest absolute Gasteiger partial charge is 0.346 e. The third kappa shape index (κ3) is 5.96. The normalized spacial score (nSPS) is 13.0. The number of thiophene rings is 1. The summed E-state index contributed by atoms with van der Waals surface area (Å²) in [4.78, 5) is 33.0. The number of nitro groups is 1. The fourth-order valence-corrected chi connectivity index (χ4v) is 5.07. The molecule has 4 aromatic rings. The summed E-state index contributed by atoms with van der Waals surface area (Å²) in [7, 11) is 0. The summed E-state index contributed by atoms with van der Waals surface area (Å²) in [5.74, 6) is -1.17. The number of ether oxygens (including phenoxy) is 3. The van der Waals surface area contributed by atoms with Gasteiger partial charge >= 0.3 is 16.9 Å². The van der Waals surface area contributed by atoms with Gasteiger partial charge in [0.05, 0.1) is 36.0 Å². The van der Waals surface area contributed by atoms with Gasteiger partial charge in [0, 0.05) is 36.0 Å². The van der Waals surface area contributed by atoms with Crippen LogP contribution in [0.3, 0.4) is 0 Å². The lowest BCUT2D eigenvalue weighted by Gasteiger charge is -2.28. The zero-order valence-corrected chi connectivity index (χ0v) is 22.5. The molecule has 1 aliphatic heterocycles. The molecular weight excluding hydrogens is 554 g/mol. The van der Waals surface area contributed by atoms with Crippen molar-refractivity contribution in [2.75, 3.05) is 37.8 Å². The van der Waals surface area contributed by atoms with Crippen molar-refractivity contribution in [2.24, 2.45) is 0 Å². The monoisotopic (exact) mass is 577 g/mol. The van der Waals surface area contributed by atoms with E-state index in [0.29, 0.717) is 42.4 Å². The molecule has 1 aliphatic rings. The number of carboxylic acids is 1. The molecule has 0 bridgehead atoms. The number of pyridine rings is 1. The van der Waals surface area contributed by atoms with E-state index in [0.717, 1.165) is 24.8 Å². The number of morpholine rings is 1. The lowest BCUT2D eigenvalue weighted by atomic mass is 10.0. The first kappa shape index (κ1) is 27.6. The highest BCUT2D eigenvalue weighted by Gasteiger charge is 2.24. The van der Waals surface area contributed by atoms with Crippen molar-refractivity contribution >= 4 is 28.0 Å². The van der Waals surface area contributed by atoms with Crippen molar-refractivity contribution in [2.45, 2.75) is 13.5 Å². The zero-order chi connectivity index (χ0) is 28.9. The Bertz CT molecular complexity index is 1620. The molecule has 210 valence electrons. The number of nitrogens with zero attached hydrogens (tertiary/aromatic N) is 5. The van der Waals surface area contributed by atoms with Crippen molar-refractivity contribution in [1.82, 2.24) is 9.97 Å². The van der Waals surface area contributed by atoms with Crippen LogP contribution in [-0.4, -0.2) is 58.9 Å². The zero-order valence-electron chi connectivity index (χ0n) is 21.7. The maximum atomic E-state index is 11.7. The minimum absolute atomic E-state index is 0.00908. The highest BCUT2D eigenvalue weighted by molar-refractivity contribution is 7.17. The molecule has 0 saturated carbocycles. The van der Waals surface area contributed by atoms with Crippen molar-refractivity contribution in [1.29, 1.82) is 5.26 Å². The van der Waals surface area contributed by atoms with E-state index in [-0.39, 0.29) is 50.9 Å². The van der Waals surface area contributed by atoms with Crippen molar-refractivity contribution in [3.05, 3.63) is 68.7 Å². The highest BCUT2D eigenvalue weighted by atomic mass is 32.1. The van der Waals surface area contributed by atoms with Gasteiger partial charge in [0.2, 0.25) is 11.8 Å². The second kappa shape index (κ2) is 12.0. The second-order valence-electron chi connectivity index (χ2n) is 8.70. The number of hydrogen-bond acceptors (Lipinski definition) is 12. The molecule has 0 amide bonds. The van der Waals surface area contributed by atoms with Crippen LogP contribution >= 0.6 is 11.3 Å². The summed E-state index contributed by atoms with van der Waals surface area (Å²) in [6.07, 6.45) is 1.39. The van der Waals surface area contributed by atoms with Gasteiger partial charge in [-0.2, -0.15) is 5.26 Å². The quantitative estimate of drug-likeness (QED) is 0.202. The van der Waals surface area contributed by atoms with E-state index >= 15 is 0 Å². The Morgan fingerprint density at radius 2 is 2.00 bits per heavy atom. The average molecular weight is 578 g/mol. The lowest BCUT2D eigenvalue weighted by Crippen LogP contribution is -2.36.